The van der Waals surface area contributed by atoms with Crippen LogP contribution in [0.5, 0.6) is 0 Å². The summed E-state index contributed by atoms with van der Waals surface area (Å²) in [4.78, 5) is 19.3. The van der Waals surface area contributed by atoms with Crippen LogP contribution in [-0.2, 0) is 4.74 Å². The lowest BCUT2D eigenvalue weighted by Crippen LogP contribution is -2.66. The van der Waals surface area contributed by atoms with Crippen molar-refractivity contribution in [2.24, 2.45) is 5.41 Å². The molecular formula is C19H30N2O3. The Balaban J connectivity index is 1.85. The molecule has 0 N–H and O–H groups in total. The molecule has 1 heterocycles. The fourth-order valence-electron chi connectivity index (χ4n) is 4.75. The predicted octanol–water partition coefficient (Wildman–Crippen LogP) is 3.96. The zero-order chi connectivity index (χ0) is 17.2. The Morgan fingerprint density at radius 3 is 2.71 bits per heavy atom. The van der Waals surface area contributed by atoms with E-state index in [0.29, 0.717) is 17.6 Å². The van der Waals surface area contributed by atoms with E-state index in [-0.39, 0.29) is 17.4 Å². The van der Waals surface area contributed by atoms with Gasteiger partial charge in [0.2, 0.25) is 0 Å². The van der Waals surface area contributed by atoms with Crippen LogP contribution in [0.2, 0.25) is 0 Å². The van der Waals surface area contributed by atoms with Gasteiger partial charge < -0.3 is 14.1 Å². The minimum atomic E-state index is 0.0213. The molecule has 2 fully saturated rings. The fraction of sp³-hybridized carbons (Fsp3) is 0.789. The average Bonchev–Trinajstić information content (AvgIpc) is 3.03. The van der Waals surface area contributed by atoms with E-state index in [1.807, 2.05) is 6.92 Å². The maximum absolute atomic E-state index is 13.1. The normalized spacial score (nSPS) is 25.5. The largest absolute Gasteiger partial charge is 0.448 e. The van der Waals surface area contributed by atoms with Crippen molar-refractivity contribution in [1.29, 1.82) is 0 Å². The monoisotopic (exact) mass is 334 g/mol. The molecule has 1 aromatic rings. The Morgan fingerprint density at radius 2 is 2.12 bits per heavy atom. The van der Waals surface area contributed by atoms with Gasteiger partial charge in [0, 0.05) is 24.6 Å². The third-order valence-corrected chi connectivity index (χ3v) is 5.94. The second-order valence-corrected chi connectivity index (χ2v) is 7.25. The summed E-state index contributed by atoms with van der Waals surface area (Å²) in [6, 6.07) is 0.276. The standard InChI is InChI=1S/C19H30N2O3/c1-4-11-21(18(22)17-14(3)24-13-20-17)15-12-16(23-5-2)19(15)9-7-6-8-10-19/h13,15-16H,4-12H2,1-3H3. The smallest absolute Gasteiger partial charge is 0.276 e. The van der Waals surface area contributed by atoms with E-state index < -0.39 is 0 Å². The molecule has 0 aliphatic heterocycles. The maximum atomic E-state index is 13.1. The van der Waals surface area contributed by atoms with Gasteiger partial charge in [-0.1, -0.05) is 26.2 Å². The van der Waals surface area contributed by atoms with E-state index in [4.69, 9.17) is 9.15 Å². The van der Waals surface area contributed by atoms with Gasteiger partial charge >= 0.3 is 0 Å². The molecule has 1 amide bonds. The molecule has 2 aliphatic rings. The van der Waals surface area contributed by atoms with Gasteiger partial charge in [0.15, 0.2) is 12.1 Å². The number of ether oxygens (including phenoxy) is 1. The van der Waals surface area contributed by atoms with Gasteiger partial charge in [0.1, 0.15) is 5.76 Å². The molecule has 2 saturated carbocycles. The first-order valence-electron chi connectivity index (χ1n) is 9.46. The number of hydrogen-bond donors (Lipinski definition) is 0. The fourth-order valence-corrected chi connectivity index (χ4v) is 4.75. The summed E-state index contributed by atoms with van der Waals surface area (Å²) in [7, 11) is 0. The molecule has 0 aromatic carbocycles. The van der Waals surface area contributed by atoms with Gasteiger partial charge in [0.25, 0.3) is 5.91 Å². The molecule has 3 rings (SSSR count). The highest BCUT2D eigenvalue weighted by molar-refractivity contribution is 5.93. The molecule has 2 unspecified atom stereocenters. The summed E-state index contributed by atoms with van der Waals surface area (Å²) in [5, 5.41) is 0. The summed E-state index contributed by atoms with van der Waals surface area (Å²) in [6.07, 6.45) is 9.73. The minimum Gasteiger partial charge on any atom is -0.448 e. The summed E-state index contributed by atoms with van der Waals surface area (Å²) < 4.78 is 11.3. The molecule has 1 aromatic heterocycles. The van der Waals surface area contributed by atoms with Crippen molar-refractivity contribution >= 4 is 5.91 Å². The quantitative estimate of drug-likeness (QED) is 0.790. The Morgan fingerprint density at radius 1 is 1.38 bits per heavy atom. The lowest BCUT2D eigenvalue weighted by atomic mass is 9.54. The highest BCUT2D eigenvalue weighted by Crippen LogP contribution is 2.55. The third-order valence-electron chi connectivity index (χ3n) is 5.94. The van der Waals surface area contributed by atoms with Gasteiger partial charge in [-0.05, 0) is 39.5 Å². The number of carbonyl (C=O) groups excluding carboxylic acids is 1. The van der Waals surface area contributed by atoms with Crippen molar-refractivity contribution < 1.29 is 13.9 Å². The van der Waals surface area contributed by atoms with Crippen LogP contribution >= 0.6 is 0 Å². The van der Waals surface area contributed by atoms with Crippen molar-refractivity contribution in [3.63, 3.8) is 0 Å². The van der Waals surface area contributed by atoms with Gasteiger partial charge in [-0.25, -0.2) is 4.98 Å². The van der Waals surface area contributed by atoms with Crippen LogP contribution in [0.25, 0.3) is 0 Å². The van der Waals surface area contributed by atoms with E-state index in [9.17, 15) is 4.79 Å². The lowest BCUT2D eigenvalue weighted by molar-refractivity contribution is -0.174. The van der Waals surface area contributed by atoms with Crippen molar-refractivity contribution in [3.8, 4) is 0 Å². The SMILES string of the molecule is CCCN(C(=O)c1ncoc1C)C1CC(OCC)C12CCCCC2. The van der Waals surface area contributed by atoms with Crippen LogP contribution in [0.4, 0.5) is 0 Å². The number of rotatable bonds is 6. The molecule has 5 heteroatoms. The summed E-state index contributed by atoms with van der Waals surface area (Å²) >= 11 is 0. The van der Waals surface area contributed by atoms with Crippen molar-refractivity contribution in [2.45, 2.75) is 77.9 Å². The van der Waals surface area contributed by atoms with Crippen molar-refractivity contribution in [3.05, 3.63) is 17.8 Å². The Labute approximate surface area is 144 Å². The molecule has 5 nitrogen and oxygen atoms in total. The Bertz CT molecular complexity index is 563. The van der Waals surface area contributed by atoms with E-state index in [1.165, 1.54) is 38.5 Å². The van der Waals surface area contributed by atoms with E-state index in [1.54, 1.807) is 0 Å². The number of carbonyl (C=O) groups is 1. The maximum Gasteiger partial charge on any atom is 0.276 e. The molecule has 134 valence electrons. The first-order chi connectivity index (χ1) is 11.6. The van der Waals surface area contributed by atoms with Crippen molar-refractivity contribution in [1.82, 2.24) is 9.88 Å². The minimum absolute atomic E-state index is 0.0213. The molecule has 0 saturated heterocycles. The molecule has 24 heavy (non-hydrogen) atoms. The average molecular weight is 334 g/mol. The number of nitrogens with zero attached hydrogens (tertiary/aromatic N) is 2. The zero-order valence-corrected chi connectivity index (χ0v) is 15.2. The number of hydrogen-bond acceptors (Lipinski definition) is 4. The Kier molecular flexibility index (Phi) is 5.28. The second kappa shape index (κ2) is 7.26. The van der Waals surface area contributed by atoms with Crippen LogP contribution in [0.15, 0.2) is 10.8 Å². The summed E-state index contributed by atoms with van der Waals surface area (Å²) in [6.45, 7) is 7.53. The molecule has 2 aliphatic carbocycles. The predicted molar refractivity (Wildman–Crippen MR) is 91.9 cm³/mol. The van der Waals surface area contributed by atoms with Gasteiger partial charge in [-0.3, -0.25) is 4.79 Å². The zero-order valence-electron chi connectivity index (χ0n) is 15.2. The van der Waals surface area contributed by atoms with Gasteiger partial charge in [0.05, 0.1) is 6.10 Å². The highest BCUT2D eigenvalue weighted by Gasteiger charge is 2.58. The molecule has 2 atom stereocenters. The van der Waals surface area contributed by atoms with Crippen LogP contribution in [0.1, 0.15) is 75.0 Å². The molecule has 0 bridgehead atoms. The topological polar surface area (TPSA) is 55.6 Å². The van der Waals surface area contributed by atoms with Crippen LogP contribution < -0.4 is 0 Å². The Hall–Kier alpha value is -1.36. The highest BCUT2D eigenvalue weighted by atomic mass is 16.5. The van der Waals surface area contributed by atoms with E-state index in [0.717, 1.165) is 26.0 Å². The van der Waals surface area contributed by atoms with Crippen LogP contribution in [-0.4, -0.2) is 41.1 Å². The number of aromatic nitrogens is 1. The number of oxazole rings is 1. The molecule has 0 radical (unpaired) electrons. The summed E-state index contributed by atoms with van der Waals surface area (Å²) in [5.41, 5.74) is 0.616. The number of amides is 1. The third kappa shape index (κ3) is 2.87. The summed E-state index contributed by atoms with van der Waals surface area (Å²) in [5.74, 6) is 0.632. The molecule has 1 spiro atoms. The van der Waals surface area contributed by atoms with Crippen molar-refractivity contribution in [2.75, 3.05) is 13.2 Å². The first-order valence-corrected chi connectivity index (χ1v) is 9.46. The van der Waals surface area contributed by atoms with Gasteiger partial charge in [-0.15, -0.1) is 0 Å². The van der Waals surface area contributed by atoms with Crippen LogP contribution in [0, 0.1) is 12.3 Å². The first kappa shape index (κ1) is 17.5. The van der Waals surface area contributed by atoms with Crippen LogP contribution in [0.3, 0.4) is 0 Å². The second-order valence-electron chi connectivity index (χ2n) is 7.25. The van der Waals surface area contributed by atoms with E-state index >= 15 is 0 Å². The van der Waals surface area contributed by atoms with E-state index in [2.05, 4.69) is 23.7 Å². The number of aryl methyl sites for hydroxylation is 1. The van der Waals surface area contributed by atoms with Gasteiger partial charge in [-0.2, -0.15) is 0 Å². The lowest BCUT2D eigenvalue weighted by Gasteiger charge is -2.60. The molecular weight excluding hydrogens is 304 g/mol.